The van der Waals surface area contributed by atoms with E-state index in [1.807, 2.05) is 13.1 Å². The van der Waals surface area contributed by atoms with Gasteiger partial charge in [-0.3, -0.25) is 4.90 Å². The molecule has 0 radical (unpaired) electrons. The number of aromatic nitrogens is 2. The van der Waals surface area contributed by atoms with E-state index in [4.69, 9.17) is 0 Å². The molecule has 20 heavy (non-hydrogen) atoms. The van der Waals surface area contributed by atoms with Crippen molar-refractivity contribution in [1.29, 1.82) is 0 Å². The zero-order valence-electron chi connectivity index (χ0n) is 12.4. The molecular formula is C15H26N4O. The fraction of sp³-hybridized carbons (Fsp3) is 0.800. The summed E-state index contributed by atoms with van der Waals surface area (Å²) in [5, 5.41) is 9.59. The normalized spacial score (nSPS) is 24.3. The molecule has 0 spiro atoms. The second-order valence-electron chi connectivity index (χ2n) is 6.29. The first-order valence-corrected chi connectivity index (χ1v) is 7.85. The molecule has 3 rings (SSSR count). The van der Waals surface area contributed by atoms with Crippen molar-refractivity contribution in [1.82, 2.24) is 19.8 Å². The Labute approximate surface area is 121 Å². The summed E-state index contributed by atoms with van der Waals surface area (Å²) in [6.07, 6.45) is 6.23. The van der Waals surface area contributed by atoms with Crippen molar-refractivity contribution in [2.45, 2.75) is 51.3 Å². The van der Waals surface area contributed by atoms with Crippen LogP contribution in [0.1, 0.15) is 37.2 Å². The smallest absolute Gasteiger partial charge is 0.120 e. The van der Waals surface area contributed by atoms with E-state index in [1.54, 1.807) is 0 Å². The summed E-state index contributed by atoms with van der Waals surface area (Å²) in [6, 6.07) is 0.720. The highest BCUT2D eigenvalue weighted by Crippen LogP contribution is 2.21. The van der Waals surface area contributed by atoms with Crippen LogP contribution in [-0.4, -0.2) is 63.2 Å². The third-order valence-electron chi connectivity index (χ3n) is 4.70. The third kappa shape index (κ3) is 3.40. The zero-order chi connectivity index (χ0) is 13.9. The molecule has 1 aromatic rings. The highest BCUT2D eigenvalue weighted by atomic mass is 16.3. The molecule has 0 unspecified atom stereocenters. The van der Waals surface area contributed by atoms with E-state index < -0.39 is 0 Å². The first kappa shape index (κ1) is 14.0. The lowest BCUT2D eigenvalue weighted by molar-refractivity contribution is 0.0372. The van der Waals surface area contributed by atoms with Crippen molar-refractivity contribution in [3.8, 4) is 0 Å². The topological polar surface area (TPSA) is 55.4 Å². The number of H-pyrrole nitrogens is 1. The van der Waals surface area contributed by atoms with E-state index in [2.05, 4.69) is 19.8 Å². The van der Waals surface area contributed by atoms with Crippen LogP contribution in [0.15, 0.2) is 6.20 Å². The Morgan fingerprint density at radius 2 is 1.90 bits per heavy atom. The van der Waals surface area contributed by atoms with E-state index in [-0.39, 0.29) is 6.10 Å². The summed E-state index contributed by atoms with van der Waals surface area (Å²) >= 11 is 0. The Kier molecular flexibility index (Phi) is 4.38. The van der Waals surface area contributed by atoms with Gasteiger partial charge in [0.15, 0.2) is 0 Å². The molecule has 2 N–H and O–H groups in total. The van der Waals surface area contributed by atoms with E-state index in [0.29, 0.717) is 0 Å². The molecular weight excluding hydrogens is 252 g/mol. The summed E-state index contributed by atoms with van der Waals surface area (Å²) in [5.41, 5.74) is 1.14. The molecule has 3 heterocycles. The monoisotopic (exact) mass is 278 g/mol. The molecule has 0 aliphatic carbocycles. The lowest BCUT2D eigenvalue weighted by Crippen LogP contribution is -2.48. The van der Waals surface area contributed by atoms with Gasteiger partial charge in [0.25, 0.3) is 0 Å². The summed E-state index contributed by atoms with van der Waals surface area (Å²) in [5.74, 6) is 1.09. The number of piperidine rings is 2. The molecule has 2 aliphatic heterocycles. The fourth-order valence-corrected chi connectivity index (χ4v) is 3.45. The number of nitrogens with one attached hydrogen (secondary N) is 1. The highest BCUT2D eigenvalue weighted by molar-refractivity contribution is 4.98. The van der Waals surface area contributed by atoms with Crippen LogP contribution in [0.3, 0.4) is 0 Å². The summed E-state index contributed by atoms with van der Waals surface area (Å²) in [7, 11) is 0. The van der Waals surface area contributed by atoms with Crippen molar-refractivity contribution in [2.24, 2.45) is 0 Å². The van der Waals surface area contributed by atoms with Gasteiger partial charge in [-0.15, -0.1) is 0 Å². The lowest BCUT2D eigenvalue weighted by atomic mass is 9.99. The number of imidazole rings is 1. The number of rotatable bonds is 3. The van der Waals surface area contributed by atoms with Gasteiger partial charge in [-0.1, -0.05) is 0 Å². The molecule has 5 nitrogen and oxygen atoms in total. The molecule has 0 aromatic carbocycles. The van der Waals surface area contributed by atoms with Crippen LogP contribution < -0.4 is 0 Å². The number of aromatic amines is 1. The molecule has 5 heteroatoms. The highest BCUT2D eigenvalue weighted by Gasteiger charge is 2.27. The lowest BCUT2D eigenvalue weighted by Gasteiger charge is -2.40. The molecule has 0 atom stereocenters. The van der Waals surface area contributed by atoms with Gasteiger partial charge in [-0.25, -0.2) is 4.98 Å². The van der Waals surface area contributed by atoms with Crippen LogP contribution in [0.2, 0.25) is 0 Å². The van der Waals surface area contributed by atoms with Gasteiger partial charge in [-0.2, -0.15) is 0 Å². The Hall–Kier alpha value is -0.910. The van der Waals surface area contributed by atoms with Crippen LogP contribution in [0.4, 0.5) is 0 Å². The van der Waals surface area contributed by atoms with Gasteiger partial charge < -0.3 is 15.0 Å². The first-order chi connectivity index (χ1) is 9.70. The van der Waals surface area contributed by atoms with E-state index in [9.17, 15) is 5.11 Å². The minimum atomic E-state index is -0.0615. The van der Waals surface area contributed by atoms with Gasteiger partial charge in [0.1, 0.15) is 5.82 Å². The summed E-state index contributed by atoms with van der Waals surface area (Å²) in [6.45, 7) is 7.45. The molecule has 112 valence electrons. The van der Waals surface area contributed by atoms with Crippen molar-refractivity contribution in [2.75, 3.05) is 26.2 Å². The first-order valence-electron chi connectivity index (χ1n) is 7.85. The standard InChI is InChI=1S/C15H26N4O/c1-12-10-16-15(17-12)11-18-6-2-13(3-7-18)19-8-4-14(20)5-9-19/h10,13-14,20H,2-9,11H2,1H3,(H,16,17). The Morgan fingerprint density at radius 1 is 1.20 bits per heavy atom. The number of aliphatic hydroxyl groups excluding tert-OH is 1. The van der Waals surface area contributed by atoms with E-state index >= 15 is 0 Å². The number of aliphatic hydroxyl groups is 1. The van der Waals surface area contributed by atoms with Crippen molar-refractivity contribution < 1.29 is 5.11 Å². The number of hydrogen-bond acceptors (Lipinski definition) is 4. The average molecular weight is 278 g/mol. The molecule has 0 saturated carbocycles. The maximum Gasteiger partial charge on any atom is 0.120 e. The van der Waals surface area contributed by atoms with Gasteiger partial charge in [0.05, 0.1) is 12.6 Å². The SMILES string of the molecule is Cc1cnc(CN2CCC(N3CCC(O)CC3)CC2)[nH]1. The van der Waals surface area contributed by atoms with Crippen LogP contribution in [0, 0.1) is 6.92 Å². The van der Waals surface area contributed by atoms with Crippen LogP contribution >= 0.6 is 0 Å². The van der Waals surface area contributed by atoms with Gasteiger partial charge in [0, 0.05) is 44.1 Å². The van der Waals surface area contributed by atoms with Crippen molar-refractivity contribution >= 4 is 0 Å². The van der Waals surface area contributed by atoms with Crippen LogP contribution in [0.5, 0.6) is 0 Å². The minimum absolute atomic E-state index is 0.0615. The van der Waals surface area contributed by atoms with E-state index in [0.717, 1.165) is 63.1 Å². The summed E-state index contributed by atoms with van der Waals surface area (Å²) < 4.78 is 0. The molecule has 2 fully saturated rings. The van der Waals surface area contributed by atoms with Crippen LogP contribution in [-0.2, 0) is 6.54 Å². The maximum atomic E-state index is 9.59. The van der Waals surface area contributed by atoms with E-state index in [1.165, 1.54) is 12.8 Å². The average Bonchev–Trinajstić information content (AvgIpc) is 2.86. The summed E-state index contributed by atoms with van der Waals surface area (Å²) in [4.78, 5) is 12.8. The Balaban J connectivity index is 1.45. The second-order valence-corrected chi connectivity index (χ2v) is 6.29. The van der Waals surface area contributed by atoms with Gasteiger partial charge in [-0.05, 0) is 32.6 Å². The molecule has 2 saturated heterocycles. The van der Waals surface area contributed by atoms with Crippen LogP contribution in [0.25, 0.3) is 0 Å². The number of aryl methyl sites for hydroxylation is 1. The Bertz CT molecular complexity index is 417. The fourth-order valence-electron chi connectivity index (χ4n) is 3.45. The molecule has 1 aromatic heterocycles. The number of hydrogen-bond donors (Lipinski definition) is 2. The number of nitrogens with zero attached hydrogens (tertiary/aromatic N) is 3. The predicted molar refractivity (Wildman–Crippen MR) is 78.4 cm³/mol. The van der Waals surface area contributed by atoms with Gasteiger partial charge >= 0.3 is 0 Å². The molecule has 0 amide bonds. The largest absolute Gasteiger partial charge is 0.393 e. The molecule has 0 bridgehead atoms. The van der Waals surface area contributed by atoms with Crippen molar-refractivity contribution in [3.63, 3.8) is 0 Å². The maximum absolute atomic E-state index is 9.59. The van der Waals surface area contributed by atoms with Gasteiger partial charge in [0.2, 0.25) is 0 Å². The minimum Gasteiger partial charge on any atom is -0.393 e. The third-order valence-corrected chi connectivity index (χ3v) is 4.70. The predicted octanol–water partition coefficient (Wildman–Crippen LogP) is 1.14. The molecule has 2 aliphatic rings. The Morgan fingerprint density at radius 3 is 2.50 bits per heavy atom. The second kappa shape index (κ2) is 6.24. The number of likely N-dealkylation sites (tertiary alicyclic amines) is 2. The quantitative estimate of drug-likeness (QED) is 0.870. The van der Waals surface area contributed by atoms with Crippen molar-refractivity contribution in [3.05, 3.63) is 17.7 Å². The zero-order valence-corrected chi connectivity index (χ0v) is 12.4.